The second-order valence-corrected chi connectivity index (χ2v) is 4.49. The van der Waals surface area contributed by atoms with Crippen LogP contribution < -0.4 is 5.32 Å². The Balaban J connectivity index is 3.14. The molecule has 0 aromatic rings. The lowest BCUT2D eigenvalue weighted by molar-refractivity contribution is -0.137. The third-order valence-electron chi connectivity index (χ3n) is 2.00. The monoisotopic (exact) mass is 219 g/mol. The van der Waals surface area contributed by atoms with E-state index in [0.29, 0.717) is 0 Å². The summed E-state index contributed by atoms with van der Waals surface area (Å²) in [6, 6.07) is 0.0908. The van der Waals surface area contributed by atoms with Gasteiger partial charge in [0.05, 0.1) is 6.42 Å². The molecule has 0 aliphatic rings. The number of carboxylic acids is 1. The van der Waals surface area contributed by atoms with Crippen molar-refractivity contribution in [3.8, 4) is 0 Å². The van der Waals surface area contributed by atoms with Crippen LogP contribution in [0.2, 0.25) is 0 Å². The Kier molecular flexibility index (Phi) is 9.19. The van der Waals surface area contributed by atoms with Gasteiger partial charge >= 0.3 is 5.97 Å². The van der Waals surface area contributed by atoms with Gasteiger partial charge < -0.3 is 10.4 Å². The summed E-state index contributed by atoms with van der Waals surface area (Å²) >= 11 is 1.88. The normalized spacial score (nSPS) is 12.7. The number of thioether (sulfide) groups is 1. The smallest absolute Gasteiger partial charge is 0.304 e. The predicted molar refractivity (Wildman–Crippen MR) is 62.0 cm³/mol. The first-order valence-electron chi connectivity index (χ1n) is 5.11. The van der Waals surface area contributed by atoms with Crippen molar-refractivity contribution in [3.05, 3.63) is 0 Å². The van der Waals surface area contributed by atoms with Gasteiger partial charge in [0.2, 0.25) is 0 Å². The maximum atomic E-state index is 10.3. The number of unbranched alkanes of at least 4 members (excludes halogenated alkanes) is 2. The highest BCUT2D eigenvalue weighted by Crippen LogP contribution is 2.01. The number of nitrogens with one attached hydrogen (secondary N) is 1. The van der Waals surface area contributed by atoms with Crippen molar-refractivity contribution in [1.29, 1.82) is 0 Å². The third-order valence-corrected chi connectivity index (χ3v) is 2.70. The van der Waals surface area contributed by atoms with Crippen LogP contribution in [0.1, 0.15) is 32.6 Å². The molecule has 0 aliphatic carbocycles. The molecule has 0 aromatic carbocycles. The predicted octanol–water partition coefficient (Wildman–Crippen LogP) is 1.97. The number of carbonyl (C=O) groups is 1. The van der Waals surface area contributed by atoms with Crippen molar-refractivity contribution in [2.75, 3.05) is 18.6 Å². The molecule has 0 radical (unpaired) electrons. The fourth-order valence-corrected chi connectivity index (χ4v) is 1.72. The molecule has 3 nitrogen and oxygen atoms in total. The summed E-state index contributed by atoms with van der Waals surface area (Å²) in [6.07, 6.45) is 5.96. The van der Waals surface area contributed by atoms with E-state index in [1.54, 1.807) is 0 Å². The largest absolute Gasteiger partial charge is 0.481 e. The summed E-state index contributed by atoms with van der Waals surface area (Å²) in [4.78, 5) is 10.3. The van der Waals surface area contributed by atoms with Crippen molar-refractivity contribution in [2.45, 2.75) is 38.6 Å². The molecule has 0 aliphatic heterocycles. The van der Waals surface area contributed by atoms with Gasteiger partial charge in [0, 0.05) is 6.04 Å². The van der Waals surface area contributed by atoms with Crippen LogP contribution in [0.15, 0.2) is 0 Å². The first-order chi connectivity index (χ1) is 6.66. The molecule has 4 heteroatoms. The van der Waals surface area contributed by atoms with Crippen molar-refractivity contribution < 1.29 is 9.90 Å². The van der Waals surface area contributed by atoms with E-state index in [-0.39, 0.29) is 12.5 Å². The SMILES string of the molecule is CSCCCCCNC(C)CC(=O)O. The van der Waals surface area contributed by atoms with E-state index in [9.17, 15) is 4.79 Å². The van der Waals surface area contributed by atoms with Gasteiger partial charge in [0.1, 0.15) is 0 Å². The quantitative estimate of drug-likeness (QED) is 0.582. The van der Waals surface area contributed by atoms with Gasteiger partial charge in [0.15, 0.2) is 0 Å². The summed E-state index contributed by atoms with van der Waals surface area (Å²) < 4.78 is 0. The summed E-state index contributed by atoms with van der Waals surface area (Å²) in [5.41, 5.74) is 0. The fourth-order valence-electron chi connectivity index (χ4n) is 1.23. The Morgan fingerprint density at radius 3 is 2.71 bits per heavy atom. The molecule has 0 spiro atoms. The van der Waals surface area contributed by atoms with E-state index in [2.05, 4.69) is 11.6 Å². The van der Waals surface area contributed by atoms with Crippen LogP contribution in [-0.4, -0.2) is 35.7 Å². The van der Waals surface area contributed by atoms with Crippen molar-refractivity contribution in [3.63, 3.8) is 0 Å². The molecule has 0 aromatic heterocycles. The minimum Gasteiger partial charge on any atom is -0.481 e. The van der Waals surface area contributed by atoms with E-state index in [0.717, 1.165) is 13.0 Å². The topological polar surface area (TPSA) is 49.3 Å². The van der Waals surface area contributed by atoms with Crippen LogP contribution >= 0.6 is 11.8 Å². The molecule has 1 unspecified atom stereocenters. The lowest BCUT2D eigenvalue weighted by atomic mass is 10.2. The summed E-state index contributed by atoms with van der Waals surface area (Å²) in [6.45, 7) is 2.85. The zero-order chi connectivity index (χ0) is 10.8. The van der Waals surface area contributed by atoms with E-state index in [1.807, 2.05) is 18.7 Å². The zero-order valence-electron chi connectivity index (χ0n) is 9.08. The number of hydrogen-bond acceptors (Lipinski definition) is 3. The highest BCUT2D eigenvalue weighted by molar-refractivity contribution is 7.98. The molecule has 1 atom stereocenters. The van der Waals surface area contributed by atoms with E-state index in [1.165, 1.54) is 18.6 Å². The number of hydrogen-bond donors (Lipinski definition) is 2. The summed E-state index contributed by atoms with van der Waals surface area (Å²) in [5.74, 6) is 0.498. The van der Waals surface area contributed by atoms with Crippen LogP contribution in [0.4, 0.5) is 0 Å². The number of rotatable bonds is 9. The van der Waals surface area contributed by atoms with Gasteiger partial charge in [0.25, 0.3) is 0 Å². The van der Waals surface area contributed by atoms with Crippen LogP contribution in [0, 0.1) is 0 Å². The Hall–Kier alpha value is -0.220. The molecule has 0 bridgehead atoms. The Bertz CT molecular complexity index is 153. The average molecular weight is 219 g/mol. The molecule has 0 saturated carbocycles. The van der Waals surface area contributed by atoms with Crippen LogP contribution in [0.3, 0.4) is 0 Å². The molecule has 0 amide bonds. The molecule has 2 N–H and O–H groups in total. The summed E-state index contributed by atoms with van der Waals surface area (Å²) in [5, 5.41) is 11.7. The van der Waals surface area contributed by atoms with E-state index < -0.39 is 5.97 Å². The lowest BCUT2D eigenvalue weighted by Gasteiger charge is -2.10. The zero-order valence-corrected chi connectivity index (χ0v) is 9.90. The molecule has 0 fully saturated rings. The Labute approximate surface area is 90.7 Å². The van der Waals surface area contributed by atoms with Gasteiger partial charge in [-0.25, -0.2) is 0 Å². The highest BCUT2D eigenvalue weighted by atomic mass is 32.2. The summed E-state index contributed by atoms with van der Waals surface area (Å²) in [7, 11) is 0. The van der Waals surface area contributed by atoms with Gasteiger partial charge in [-0.1, -0.05) is 6.42 Å². The molecule has 84 valence electrons. The standard InChI is InChI=1S/C10H21NO2S/c1-9(8-10(12)13)11-6-4-3-5-7-14-2/h9,11H,3-8H2,1-2H3,(H,12,13). The number of carboxylic acid groups (broad SMARTS) is 1. The molecule has 14 heavy (non-hydrogen) atoms. The first-order valence-corrected chi connectivity index (χ1v) is 6.50. The van der Waals surface area contributed by atoms with Crippen molar-refractivity contribution in [1.82, 2.24) is 5.32 Å². The first kappa shape index (κ1) is 13.8. The van der Waals surface area contributed by atoms with E-state index in [4.69, 9.17) is 5.11 Å². The molecular weight excluding hydrogens is 198 g/mol. The molecular formula is C10H21NO2S. The van der Waals surface area contributed by atoms with Crippen molar-refractivity contribution in [2.24, 2.45) is 0 Å². The Morgan fingerprint density at radius 2 is 2.14 bits per heavy atom. The number of aliphatic carboxylic acids is 1. The van der Waals surface area contributed by atoms with Crippen LogP contribution in [0.5, 0.6) is 0 Å². The minimum atomic E-state index is -0.729. The Morgan fingerprint density at radius 1 is 1.43 bits per heavy atom. The van der Waals surface area contributed by atoms with E-state index >= 15 is 0 Å². The maximum Gasteiger partial charge on any atom is 0.304 e. The fraction of sp³-hybridized carbons (Fsp3) is 0.900. The van der Waals surface area contributed by atoms with Gasteiger partial charge in [-0.05, 0) is 38.3 Å². The van der Waals surface area contributed by atoms with Gasteiger partial charge in [-0.2, -0.15) is 11.8 Å². The second-order valence-electron chi connectivity index (χ2n) is 3.51. The van der Waals surface area contributed by atoms with Crippen LogP contribution in [0.25, 0.3) is 0 Å². The molecule has 0 saturated heterocycles. The van der Waals surface area contributed by atoms with Gasteiger partial charge in [-0.15, -0.1) is 0 Å². The second kappa shape index (κ2) is 9.34. The molecule has 0 heterocycles. The minimum absolute atomic E-state index is 0.0908. The lowest BCUT2D eigenvalue weighted by Crippen LogP contribution is -2.29. The highest BCUT2D eigenvalue weighted by Gasteiger charge is 2.05. The molecule has 0 rings (SSSR count). The van der Waals surface area contributed by atoms with Crippen LogP contribution in [-0.2, 0) is 4.79 Å². The average Bonchev–Trinajstić information content (AvgIpc) is 2.10. The van der Waals surface area contributed by atoms with Gasteiger partial charge in [-0.3, -0.25) is 4.79 Å². The van der Waals surface area contributed by atoms with Crippen molar-refractivity contribution >= 4 is 17.7 Å². The third kappa shape index (κ3) is 9.86. The maximum absolute atomic E-state index is 10.3.